The van der Waals surface area contributed by atoms with Gasteiger partial charge in [-0.25, -0.2) is 19.0 Å². The van der Waals surface area contributed by atoms with Crippen LogP contribution in [0.25, 0.3) is 0 Å². The summed E-state index contributed by atoms with van der Waals surface area (Å²) in [5.74, 6) is 4.74. The van der Waals surface area contributed by atoms with Gasteiger partial charge in [-0.15, -0.1) is 0 Å². The molecule has 0 saturated heterocycles. The van der Waals surface area contributed by atoms with Crippen LogP contribution in [0.1, 0.15) is 24.2 Å². The molecule has 0 radical (unpaired) electrons. The zero-order valence-electron chi connectivity index (χ0n) is 10.3. The molecule has 0 atom stereocenters. The fourth-order valence-corrected chi connectivity index (χ4v) is 2.44. The van der Waals surface area contributed by atoms with Gasteiger partial charge in [-0.3, -0.25) is 10.2 Å². The van der Waals surface area contributed by atoms with Gasteiger partial charge in [0.2, 0.25) is 10.0 Å². The summed E-state index contributed by atoms with van der Waals surface area (Å²) in [5, 5.41) is 0. The van der Waals surface area contributed by atoms with E-state index in [1.54, 1.807) is 0 Å². The van der Waals surface area contributed by atoms with E-state index in [0.29, 0.717) is 12.1 Å². The standard InChI is InChI=1S/C11H17N3O3S/c1-8(2)7-13-18(16,17)10-5-3-9(4-6-10)11(15)14-12/h3-6,8,13H,7,12H2,1-2H3,(H,14,15). The highest BCUT2D eigenvalue weighted by molar-refractivity contribution is 7.89. The van der Waals surface area contributed by atoms with Crippen molar-refractivity contribution in [1.82, 2.24) is 10.1 Å². The quantitative estimate of drug-likeness (QED) is 0.405. The molecular formula is C11H17N3O3S. The Morgan fingerprint density at radius 1 is 1.28 bits per heavy atom. The SMILES string of the molecule is CC(C)CNS(=O)(=O)c1ccc(C(=O)NN)cc1. The molecule has 0 unspecified atom stereocenters. The van der Waals surface area contributed by atoms with Crippen LogP contribution in [0, 0.1) is 5.92 Å². The summed E-state index contributed by atoms with van der Waals surface area (Å²) in [6.45, 7) is 4.20. The highest BCUT2D eigenvalue weighted by Crippen LogP contribution is 2.10. The number of amides is 1. The molecule has 4 N–H and O–H groups in total. The second kappa shape index (κ2) is 5.94. The lowest BCUT2D eigenvalue weighted by Gasteiger charge is -2.09. The molecule has 100 valence electrons. The number of nitrogens with two attached hydrogens (primary N) is 1. The molecule has 1 rings (SSSR count). The van der Waals surface area contributed by atoms with Gasteiger partial charge in [0, 0.05) is 12.1 Å². The first-order chi connectivity index (χ1) is 8.36. The molecule has 0 spiro atoms. The normalized spacial score (nSPS) is 11.6. The summed E-state index contributed by atoms with van der Waals surface area (Å²) in [4.78, 5) is 11.3. The van der Waals surface area contributed by atoms with Crippen molar-refractivity contribution in [3.05, 3.63) is 29.8 Å². The number of hydrazine groups is 1. The lowest BCUT2D eigenvalue weighted by Crippen LogP contribution is -2.30. The van der Waals surface area contributed by atoms with Crippen molar-refractivity contribution in [2.75, 3.05) is 6.54 Å². The van der Waals surface area contributed by atoms with Crippen LogP contribution in [0.3, 0.4) is 0 Å². The van der Waals surface area contributed by atoms with E-state index < -0.39 is 15.9 Å². The van der Waals surface area contributed by atoms with E-state index in [1.165, 1.54) is 24.3 Å². The van der Waals surface area contributed by atoms with Gasteiger partial charge in [-0.05, 0) is 30.2 Å². The zero-order valence-corrected chi connectivity index (χ0v) is 11.1. The number of hydrogen-bond acceptors (Lipinski definition) is 4. The Labute approximate surface area is 107 Å². The third-order valence-corrected chi connectivity index (χ3v) is 3.68. The Balaban J connectivity index is 2.87. The Kier molecular flexibility index (Phi) is 4.83. The fraction of sp³-hybridized carbons (Fsp3) is 0.364. The first kappa shape index (κ1) is 14.6. The van der Waals surface area contributed by atoms with E-state index in [-0.39, 0.29) is 10.8 Å². The van der Waals surface area contributed by atoms with E-state index in [0.717, 1.165) is 0 Å². The largest absolute Gasteiger partial charge is 0.290 e. The van der Waals surface area contributed by atoms with Gasteiger partial charge in [0.25, 0.3) is 5.91 Å². The minimum Gasteiger partial charge on any atom is -0.290 e. The molecule has 1 amide bonds. The molecule has 1 aromatic rings. The molecule has 0 aliphatic rings. The van der Waals surface area contributed by atoms with E-state index >= 15 is 0 Å². The van der Waals surface area contributed by atoms with E-state index in [1.807, 2.05) is 19.3 Å². The van der Waals surface area contributed by atoms with Crippen LogP contribution >= 0.6 is 0 Å². The van der Waals surface area contributed by atoms with Crippen LogP contribution in [-0.4, -0.2) is 20.9 Å². The van der Waals surface area contributed by atoms with Crippen LogP contribution in [0.5, 0.6) is 0 Å². The van der Waals surface area contributed by atoms with Crippen molar-refractivity contribution < 1.29 is 13.2 Å². The van der Waals surface area contributed by atoms with E-state index in [4.69, 9.17) is 5.84 Å². The van der Waals surface area contributed by atoms with Crippen molar-refractivity contribution in [3.8, 4) is 0 Å². The minimum absolute atomic E-state index is 0.122. The first-order valence-corrected chi connectivity index (χ1v) is 6.96. The maximum Gasteiger partial charge on any atom is 0.265 e. The molecular weight excluding hydrogens is 254 g/mol. The number of rotatable bonds is 5. The lowest BCUT2D eigenvalue weighted by molar-refractivity contribution is 0.0953. The molecule has 18 heavy (non-hydrogen) atoms. The Hall–Kier alpha value is -1.44. The molecule has 0 saturated carbocycles. The van der Waals surface area contributed by atoms with Crippen molar-refractivity contribution >= 4 is 15.9 Å². The number of sulfonamides is 1. The van der Waals surface area contributed by atoms with Crippen molar-refractivity contribution in [3.63, 3.8) is 0 Å². The van der Waals surface area contributed by atoms with Crippen LogP contribution < -0.4 is 16.0 Å². The summed E-state index contributed by atoms with van der Waals surface area (Å²) in [6.07, 6.45) is 0. The Bertz CT molecular complexity index is 509. The Morgan fingerprint density at radius 3 is 2.28 bits per heavy atom. The highest BCUT2D eigenvalue weighted by Gasteiger charge is 2.14. The molecule has 1 aromatic carbocycles. The maximum atomic E-state index is 11.9. The zero-order chi connectivity index (χ0) is 13.8. The molecule has 6 nitrogen and oxygen atoms in total. The van der Waals surface area contributed by atoms with Gasteiger partial charge in [0.15, 0.2) is 0 Å². The molecule has 0 aliphatic heterocycles. The summed E-state index contributed by atoms with van der Waals surface area (Å²) >= 11 is 0. The molecule has 0 fully saturated rings. The fourth-order valence-electron chi connectivity index (χ4n) is 1.23. The third kappa shape index (κ3) is 3.80. The third-order valence-electron chi connectivity index (χ3n) is 2.24. The van der Waals surface area contributed by atoms with Crippen LogP contribution in [0.15, 0.2) is 29.2 Å². The van der Waals surface area contributed by atoms with Gasteiger partial charge in [-0.2, -0.15) is 0 Å². The number of nitrogens with one attached hydrogen (secondary N) is 2. The van der Waals surface area contributed by atoms with Crippen LogP contribution in [0.4, 0.5) is 0 Å². The van der Waals surface area contributed by atoms with Gasteiger partial charge >= 0.3 is 0 Å². The minimum atomic E-state index is -3.52. The van der Waals surface area contributed by atoms with Gasteiger partial charge in [0.1, 0.15) is 0 Å². The predicted octanol–water partition coefficient (Wildman–Crippen LogP) is 0.224. The van der Waals surface area contributed by atoms with Gasteiger partial charge < -0.3 is 0 Å². The number of nitrogen functional groups attached to an aromatic ring is 1. The van der Waals surface area contributed by atoms with Crippen molar-refractivity contribution in [1.29, 1.82) is 0 Å². The van der Waals surface area contributed by atoms with Crippen molar-refractivity contribution in [2.24, 2.45) is 11.8 Å². The summed E-state index contributed by atoms with van der Waals surface area (Å²) in [6, 6.07) is 5.55. The molecule has 0 heterocycles. The van der Waals surface area contributed by atoms with Gasteiger partial charge in [0.05, 0.1) is 4.90 Å². The summed E-state index contributed by atoms with van der Waals surface area (Å²) < 4.78 is 26.2. The smallest absolute Gasteiger partial charge is 0.265 e. The Morgan fingerprint density at radius 2 is 1.83 bits per heavy atom. The van der Waals surface area contributed by atoms with E-state index in [9.17, 15) is 13.2 Å². The monoisotopic (exact) mass is 271 g/mol. The average molecular weight is 271 g/mol. The van der Waals surface area contributed by atoms with Crippen LogP contribution in [0.2, 0.25) is 0 Å². The second-order valence-electron chi connectivity index (χ2n) is 4.24. The lowest BCUT2D eigenvalue weighted by atomic mass is 10.2. The summed E-state index contributed by atoms with van der Waals surface area (Å²) in [5.41, 5.74) is 2.28. The average Bonchev–Trinajstić information content (AvgIpc) is 2.36. The number of carbonyl (C=O) groups excluding carboxylic acids is 1. The molecule has 7 heteroatoms. The highest BCUT2D eigenvalue weighted by atomic mass is 32.2. The number of carbonyl (C=O) groups is 1. The molecule has 0 bridgehead atoms. The number of hydrogen-bond donors (Lipinski definition) is 3. The number of benzene rings is 1. The van der Waals surface area contributed by atoms with Gasteiger partial charge in [-0.1, -0.05) is 13.8 Å². The second-order valence-corrected chi connectivity index (χ2v) is 6.01. The summed E-state index contributed by atoms with van der Waals surface area (Å²) in [7, 11) is -3.52. The van der Waals surface area contributed by atoms with E-state index in [2.05, 4.69) is 4.72 Å². The predicted molar refractivity (Wildman–Crippen MR) is 68.1 cm³/mol. The molecule has 0 aliphatic carbocycles. The topological polar surface area (TPSA) is 101 Å². The molecule has 0 aromatic heterocycles. The first-order valence-electron chi connectivity index (χ1n) is 5.47. The van der Waals surface area contributed by atoms with Crippen molar-refractivity contribution in [2.45, 2.75) is 18.7 Å². The van der Waals surface area contributed by atoms with Crippen LogP contribution in [-0.2, 0) is 10.0 Å². The maximum absolute atomic E-state index is 11.9.